The van der Waals surface area contributed by atoms with Crippen molar-refractivity contribution >= 4 is 17.5 Å². The Bertz CT molecular complexity index is 468. The van der Waals surface area contributed by atoms with Crippen LogP contribution in [0.2, 0.25) is 0 Å². The highest BCUT2D eigenvalue weighted by molar-refractivity contribution is 7.99. The maximum absolute atomic E-state index is 11.1. The molecule has 1 atom stereocenters. The number of methoxy groups -OCH3 is 2. The molecule has 1 aliphatic rings. The van der Waals surface area contributed by atoms with Crippen molar-refractivity contribution in [3.63, 3.8) is 0 Å². The van der Waals surface area contributed by atoms with Gasteiger partial charge in [-0.15, -0.1) is 11.8 Å². The zero-order valence-corrected chi connectivity index (χ0v) is 11.3. The van der Waals surface area contributed by atoms with Crippen molar-refractivity contribution in [3.05, 3.63) is 35.9 Å². The van der Waals surface area contributed by atoms with Crippen LogP contribution in [0.15, 0.2) is 30.4 Å². The van der Waals surface area contributed by atoms with E-state index in [0.717, 1.165) is 17.3 Å². The molecule has 1 aromatic carbocycles. The Labute approximate surface area is 111 Å². The number of hydrogen-bond donors (Lipinski definition) is 0. The average molecular weight is 264 g/mol. The molecule has 0 N–H and O–H groups in total. The van der Waals surface area contributed by atoms with Crippen molar-refractivity contribution in [1.29, 1.82) is 0 Å². The van der Waals surface area contributed by atoms with Crippen LogP contribution in [0.3, 0.4) is 0 Å². The van der Waals surface area contributed by atoms with Crippen LogP contribution < -0.4 is 9.47 Å². The number of allylic oxidation sites excluding steroid dienone is 1. The molecule has 3 nitrogen and oxygen atoms in total. The first kappa shape index (κ1) is 13.0. The van der Waals surface area contributed by atoms with Crippen LogP contribution in [0.5, 0.6) is 11.5 Å². The highest BCUT2D eigenvalue weighted by Gasteiger charge is 2.16. The van der Waals surface area contributed by atoms with E-state index < -0.39 is 0 Å². The minimum atomic E-state index is 0.222. The summed E-state index contributed by atoms with van der Waals surface area (Å²) >= 11 is 1.77. The van der Waals surface area contributed by atoms with Crippen molar-refractivity contribution in [1.82, 2.24) is 0 Å². The van der Waals surface area contributed by atoms with E-state index in [1.54, 1.807) is 32.1 Å². The summed E-state index contributed by atoms with van der Waals surface area (Å²) in [7, 11) is 3.26. The molecule has 4 heteroatoms. The number of benzene rings is 1. The zero-order valence-electron chi connectivity index (χ0n) is 10.5. The third kappa shape index (κ3) is 3.07. The van der Waals surface area contributed by atoms with Crippen LogP contribution in [-0.4, -0.2) is 25.3 Å². The molecule has 0 unspecified atom stereocenters. The zero-order chi connectivity index (χ0) is 13.0. The molecule has 96 valence electrons. The Morgan fingerprint density at radius 3 is 2.67 bits per heavy atom. The molecule has 0 saturated heterocycles. The standard InChI is InChI=1S/C14H16O3S/c1-16-13-6-3-10(7-14(13)17-2)9-18-12-5-4-11(15)8-12/h3-7,12H,8-9H2,1-2H3/t12-/m1/s1. The SMILES string of the molecule is COc1ccc(CS[C@@H]2C=CC(=O)C2)cc1OC. The topological polar surface area (TPSA) is 35.5 Å². The highest BCUT2D eigenvalue weighted by Crippen LogP contribution is 2.31. The number of ketones is 1. The minimum absolute atomic E-state index is 0.222. The first-order chi connectivity index (χ1) is 8.72. The normalized spacial score (nSPS) is 18.1. The number of carbonyl (C=O) groups is 1. The second-order valence-corrected chi connectivity index (χ2v) is 5.30. The van der Waals surface area contributed by atoms with E-state index in [0.29, 0.717) is 11.7 Å². The summed E-state index contributed by atoms with van der Waals surface area (Å²) in [5.41, 5.74) is 1.17. The Balaban J connectivity index is 1.97. The molecule has 0 aromatic heterocycles. The van der Waals surface area contributed by atoms with Gasteiger partial charge < -0.3 is 9.47 Å². The molecule has 1 aromatic rings. The summed E-state index contributed by atoms with van der Waals surface area (Å²) in [6.07, 6.45) is 4.28. The number of ether oxygens (including phenoxy) is 2. The number of rotatable bonds is 5. The van der Waals surface area contributed by atoms with Gasteiger partial charge in [0.15, 0.2) is 17.3 Å². The summed E-state index contributed by atoms with van der Waals surface area (Å²) in [5.74, 6) is 2.57. The molecule has 0 saturated carbocycles. The van der Waals surface area contributed by atoms with Crippen LogP contribution in [0.1, 0.15) is 12.0 Å². The van der Waals surface area contributed by atoms with Crippen LogP contribution in [-0.2, 0) is 10.5 Å². The Hall–Kier alpha value is -1.42. The van der Waals surface area contributed by atoms with Gasteiger partial charge in [-0.2, -0.15) is 0 Å². The molecule has 0 spiro atoms. The van der Waals surface area contributed by atoms with E-state index in [1.165, 1.54) is 5.56 Å². The van der Waals surface area contributed by atoms with Crippen LogP contribution in [0, 0.1) is 0 Å². The molecule has 0 amide bonds. The van der Waals surface area contributed by atoms with Gasteiger partial charge >= 0.3 is 0 Å². The van der Waals surface area contributed by atoms with Gasteiger partial charge in [0.2, 0.25) is 0 Å². The third-order valence-corrected chi connectivity index (χ3v) is 4.06. The van der Waals surface area contributed by atoms with Gasteiger partial charge in [-0.05, 0) is 23.8 Å². The first-order valence-corrected chi connectivity index (χ1v) is 6.81. The van der Waals surface area contributed by atoms with Gasteiger partial charge in [0.25, 0.3) is 0 Å². The molecule has 0 heterocycles. The predicted octanol–water partition coefficient (Wildman–Crippen LogP) is 2.83. The fourth-order valence-electron chi connectivity index (χ4n) is 1.84. The van der Waals surface area contributed by atoms with Gasteiger partial charge in [-0.1, -0.05) is 12.1 Å². The smallest absolute Gasteiger partial charge is 0.161 e. The molecule has 0 fully saturated rings. The lowest BCUT2D eigenvalue weighted by Crippen LogP contribution is -1.98. The molecule has 0 radical (unpaired) electrons. The third-order valence-electron chi connectivity index (χ3n) is 2.81. The van der Waals surface area contributed by atoms with Gasteiger partial charge in [0.05, 0.1) is 14.2 Å². The second-order valence-electron chi connectivity index (χ2n) is 4.07. The molecular weight excluding hydrogens is 248 g/mol. The van der Waals surface area contributed by atoms with Crippen molar-refractivity contribution in [2.24, 2.45) is 0 Å². The van der Waals surface area contributed by atoms with Crippen molar-refractivity contribution < 1.29 is 14.3 Å². The molecule has 0 bridgehead atoms. The summed E-state index contributed by atoms with van der Waals surface area (Å²) in [5, 5.41) is 0.311. The van der Waals surface area contributed by atoms with Gasteiger partial charge in [-0.3, -0.25) is 4.79 Å². The molecule has 1 aliphatic carbocycles. The Kier molecular flexibility index (Phi) is 4.31. The van der Waals surface area contributed by atoms with E-state index in [9.17, 15) is 4.79 Å². The summed E-state index contributed by atoms with van der Waals surface area (Å²) in [4.78, 5) is 11.1. The second kappa shape index (κ2) is 5.96. The quantitative estimate of drug-likeness (QED) is 0.819. The maximum Gasteiger partial charge on any atom is 0.161 e. The maximum atomic E-state index is 11.1. The fraction of sp³-hybridized carbons (Fsp3) is 0.357. The van der Waals surface area contributed by atoms with Crippen LogP contribution in [0.25, 0.3) is 0 Å². The van der Waals surface area contributed by atoms with E-state index in [2.05, 4.69) is 0 Å². The lowest BCUT2D eigenvalue weighted by molar-refractivity contribution is -0.113. The largest absolute Gasteiger partial charge is 0.493 e. The van der Waals surface area contributed by atoms with Crippen molar-refractivity contribution in [2.75, 3.05) is 14.2 Å². The number of hydrogen-bond acceptors (Lipinski definition) is 4. The lowest BCUT2D eigenvalue weighted by Gasteiger charge is -2.10. The summed E-state index contributed by atoms with van der Waals surface area (Å²) in [6.45, 7) is 0. The first-order valence-electron chi connectivity index (χ1n) is 5.76. The highest BCUT2D eigenvalue weighted by atomic mass is 32.2. The predicted molar refractivity (Wildman–Crippen MR) is 73.4 cm³/mol. The van der Waals surface area contributed by atoms with E-state index in [-0.39, 0.29) is 5.78 Å². The van der Waals surface area contributed by atoms with Crippen molar-refractivity contribution in [3.8, 4) is 11.5 Å². The van der Waals surface area contributed by atoms with E-state index in [1.807, 2.05) is 24.3 Å². The van der Waals surface area contributed by atoms with Gasteiger partial charge in [0, 0.05) is 17.4 Å². The average Bonchev–Trinajstić information content (AvgIpc) is 2.81. The van der Waals surface area contributed by atoms with Gasteiger partial charge in [0.1, 0.15) is 0 Å². The molecular formula is C14H16O3S. The summed E-state index contributed by atoms with van der Waals surface area (Å²) in [6, 6.07) is 5.91. The number of thioether (sulfide) groups is 1. The van der Waals surface area contributed by atoms with Crippen LogP contribution >= 0.6 is 11.8 Å². The Morgan fingerprint density at radius 1 is 1.28 bits per heavy atom. The number of carbonyl (C=O) groups excluding carboxylic acids is 1. The summed E-state index contributed by atoms with van der Waals surface area (Å²) < 4.78 is 10.5. The molecule has 0 aliphatic heterocycles. The van der Waals surface area contributed by atoms with Crippen LogP contribution in [0.4, 0.5) is 0 Å². The monoisotopic (exact) mass is 264 g/mol. The molecule has 2 rings (SSSR count). The van der Waals surface area contributed by atoms with E-state index >= 15 is 0 Å². The minimum Gasteiger partial charge on any atom is -0.493 e. The van der Waals surface area contributed by atoms with Crippen molar-refractivity contribution in [2.45, 2.75) is 17.4 Å². The Morgan fingerprint density at radius 2 is 2.06 bits per heavy atom. The lowest BCUT2D eigenvalue weighted by atomic mass is 10.2. The van der Waals surface area contributed by atoms with Gasteiger partial charge in [-0.25, -0.2) is 0 Å². The van der Waals surface area contributed by atoms with E-state index in [4.69, 9.17) is 9.47 Å². The fourth-order valence-corrected chi connectivity index (χ4v) is 2.90. The molecule has 18 heavy (non-hydrogen) atoms.